The number of rotatable bonds is 4. The molecule has 2 aromatic heterocycles. The lowest BCUT2D eigenvalue weighted by Gasteiger charge is -2.08. The second-order valence-corrected chi connectivity index (χ2v) is 6.47. The Morgan fingerprint density at radius 2 is 1.72 bits per heavy atom. The van der Waals surface area contributed by atoms with Crippen LogP contribution < -0.4 is 0 Å². The summed E-state index contributed by atoms with van der Waals surface area (Å²) >= 11 is 0. The average molecular weight is 328 g/mol. The third kappa shape index (κ3) is 3.38. The van der Waals surface area contributed by atoms with Crippen LogP contribution in [-0.4, -0.2) is 20.0 Å². The predicted molar refractivity (Wildman–Crippen MR) is 100 cm³/mol. The number of benzene rings is 2. The van der Waals surface area contributed by atoms with E-state index < -0.39 is 0 Å². The summed E-state index contributed by atoms with van der Waals surface area (Å²) in [5.74, 6) is 0. The standard InChI is InChI=1S/C21H20N4/c1-15-7-17(10-19(8-15)21-13-24-25(2)14-21)9-16-3-5-18(6-4-16)20-11-22-23-12-20/h3-8,10-14H,9H2,1-2H3,(H,22,23). The minimum atomic E-state index is 0.917. The predicted octanol–water partition coefficient (Wildman–Crippen LogP) is 4.38. The highest BCUT2D eigenvalue weighted by Gasteiger charge is 2.05. The molecule has 0 fully saturated rings. The highest BCUT2D eigenvalue weighted by Crippen LogP contribution is 2.24. The van der Waals surface area contributed by atoms with E-state index in [1.807, 2.05) is 30.3 Å². The van der Waals surface area contributed by atoms with Crippen LogP contribution in [0.25, 0.3) is 22.3 Å². The maximum atomic E-state index is 4.28. The van der Waals surface area contributed by atoms with E-state index in [4.69, 9.17) is 0 Å². The van der Waals surface area contributed by atoms with Crippen LogP contribution in [0.2, 0.25) is 0 Å². The number of hydrogen-bond donors (Lipinski definition) is 1. The fourth-order valence-electron chi connectivity index (χ4n) is 3.16. The Hall–Kier alpha value is -3.14. The van der Waals surface area contributed by atoms with Gasteiger partial charge in [0.15, 0.2) is 0 Å². The summed E-state index contributed by atoms with van der Waals surface area (Å²) in [5, 5.41) is 11.1. The number of aryl methyl sites for hydroxylation is 2. The molecule has 4 nitrogen and oxygen atoms in total. The second-order valence-electron chi connectivity index (χ2n) is 6.47. The molecule has 0 aliphatic carbocycles. The fourth-order valence-corrected chi connectivity index (χ4v) is 3.16. The third-order valence-electron chi connectivity index (χ3n) is 4.37. The van der Waals surface area contributed by atoms with Gasteiger partial charge in [-0.05, 0) is 35.6 Å². The first kappa shape index (κ1) is 15.4. The van der Waals surface area contributed by atoms with Crippen molar-refractivity contribution in [3.8, 4) is 22.3 Å². The van der Waals surface area contributed by atoms with Crippen LogP contribution in [0, 0.1) is 6.92 Å². The number of nitrogens with zero attached hydrogens (tertiary/aromatic N) is 3. The molecular weight excluding hydrogens is 308 g/mol. The topological polar surface area (TPSA) is 46.5 Å². The van der Waals surface area contributed by atoms with E-state index in [-0.39, 0.29) is 0 Å². The van der Waals surface area contributed by atoms with Gasteiger partial charge in [0.1, 0.15) is 0 Å². The molecule has 0 radical (unpaired) electrons. The molecule has 4 aromatic rings. The van der Waals surface area contributed by atoms with Gasteiger partial charge in [-0.25, -0.2) is 0 Å². The van der Waals surface area contributed by atoms with Crippen molar-refractivity contribution in [2.45, 2.75) is 13.3 Å². The van der Waals surface area contributed by atoms with Crippen LogP contribution in [-0.2, 0) is 13.5 Å². The van der Waals surface area contributed by atoms with Crippen molar-refractivity contribution in [3.05, 3.63) is 83.9 Å². The fraction of sp³-hybridized carbons (Fsp3) is 0.143. The molecule has 4 rings (SSSR count). The summed E-state index contributed by atoms with van der Waals surface area (Å²) in [6.07, 6.45) is 8.64. The van der Waals surface area contributed by atoms with Crippen LogP contribution in [0.5, 0.6) is 0 Å². The van der Waals surface area contributed by atoms with Crippen molar-refractivity contribution in [1.29, 1.82) is 0 Å². The molecule has 0 aliphatic heterocycles. The zero-order chi connectivity index (χ0) is 17.2. The van der Waals surface area contributed by atoms with Crippen molar-refractivity contribution in [2.24, 2.45) is 7.05 Å². The Labute approximate surface area is 147 Å². The quantitative estimate of drug-likeness (QED) is 0.604. The van der Waals surface area contributed by atoms with Crippen LogP contribution in [0.1, 0.15) is 16.7 Å². The summed E-state index contributed by atoms with van der Waals surface area (Å²) in [6.45, 7) is 2.14. The number of hydrogen-bond acceptors (Lipinski definition) is 2. The maximum Gasteiger partial charge on any atom is 0.0568 e. The lowest BCUT2D eigenvalue weighted by Crippen LogP contribution is -1.91. The molecule has 0 saturated heterocycles. The Balaban J connectivity index is 1.59. The molecule has 4 heteroatoms. The van der Waals surface area contributed by atoms with Gasteiger partial charge in [0.05, 0.1) is 12.4 Å². The van der Waals surface area contributed by atoms with E-state index in [2.05, 4.69) is 70.9 Å². The summed E-state index contributed by atoms with van der Waals surface area (Å²) in [6, 6.07) is 15.4. The number of nitrogens with one attached hydrogen (secondary N) is 1. The summed E-state index contributed by atoms with van der Waals surface area (Å²) < 4.78 is 1.84. The first-order valence-corrected chi connectivity index (χ1v) is 8.35. The average Bonchev–Trinajstić information content (AvgIpc) is 3.27. The van der Waals surface area contributed by atoms with Gasteiger partial charge in [-0.15, -0.1) is 0 Å². The van der Waals surface area contributed by atoms with Gasteiger partial charge in [-0.2, -0.15) is 10.2 Å². The third-order valence-corrected chi connectivity index (χ3v) is 4.37. The van der Waals surface area contributed by atoms with Gasteiger partial charge in [-0.1, -0.05) is 48.0 Å². The van der Waals surface area contributed by atoms with Crippen LogP contribution in [0.4, 0.5) is 0 Å². The molecule has 0 saturated carbocycles. The summed E-state index contributed by atoms with van der Waals surface area (Å²) in [7, 11) is 1.95. The van der Waals surface area contributed by atoms with Crippen molar-refractivity contribution in [2.75, 3.05) is 0 Å². The van der Waals surface area contributed by atoms with Crippen molar-refractivity contribution in [1.82, 2.24) is 20.0 Å². The smallest absolute Gasteiger partial charge is 0.0568 e. The van der Waals surface area contributed by atoms with Gasteiger partial charge in [0.2, 0.25) is 0 Å². The SMILES string of the molecule is Cc1cc(Cc2ccc(-c3cn[nH]c3)cc2)cc(-c2cnn(C)c2)c1. The Bertz CT molecular complexity index is 979. The van der Waals surface area contributed by atoms with Crippen molar-refractivity contribution < 1.29 is 0 Å². The molecule has 124 valence electrons. The highest BCUT2D eigenvalue weighted by molar-refractivity contribution is 5.64. The molecule has 0 atom stereocenters. The summed E-state index contributed by atoms with van der Waals surface area (Å²) in [5.41, 5.74) is 8.55. The molecular formula is C21H20N4. The Kier molecular flexibility index (Phi) is 3.94. The van der Waals surface area contributed by atoms with E-state index >= 15 is 0 Å². The molecule has 2 aromatic carbocycles. The molecule has 0 bridgehead atoms. The van der Waals surface area contributed by atoms with E-state index in [0.29, 0.717) is 0 Å². The highest BCUT2D eigenvalue weighted by atomic mass is 15.2. The van der Waals surface area contributed by atoms with E-state index in [0.717, 1.165) is 17.5 Å². The largest absolute Gasteiger partial charge is 0.285 e. The zero-order valence-corrected chi connectivity index (χ0v) is 14.4. The van der Waals surface area contributed by atoms with Crippen LogP contribution in [0.3, 0.4) is 0 Å². The van der Waals surface area contributed by atoms with Crippen LogP contribution >= 0.6 is 0 Å². The minimum Gasteiger partial charge on any atom is -0.285 e. The number of H-pyrrole nitrogens is 1. The molecule has 0 spiro atoms. The maximum absolute atomic E-state index is 4.28. The second kappa shape index (κ2) is 6.40. The van der Waals surface area contributed by atoms with E-state index in [1.54, 1.807) is 0 Å². The molecule has 1 N–H and O–H groups in total. The van der Waals surface area contributed by atoms with Gasteiger partial charge in [-0.3, -0.25) is 9.78 Å². The van der Waals surface area contributed by atoms with Gasteiger partial charge in [0.25, 0.3) is 0 Å². The molecule has 0 aliphatic rings. The van der Waals surface area contributed by atoms with Gasteiger partial charge >= 0.3 is 0 Å². The first-order chi connectivity index (χ1) is 12.2. The Morgan fingerprint density at radius 3 is 2.40 bits per heavy atom. The zero-order valence-electron chi connectivity index (χ0n) is 14.4. The normalized spacial score (nSPS) is 11.0. The molecule has 0 amide bonds. The van der Waals surface area contributed by atoms with Crippen molar-refractivity contribution >= 4 is 0 Å². The number of aromatic amines is 1. The summed E-state index contributed by atoms with van der Waals surface area (Å²) in [4.78, 5) is 0. The Morgan fingerprint density at radius 1 is 0.880 bits per heavy atom. The van der Waals surface area contributed by atoms with Gasteiger partial charge in [0, 0.05) is 30.6 Å². The lowest BCUT2D eigenvalue weighted by atomic mass is 9.97. The van der Waals surface area contributed by atoms with E-state index in [1.165, 1.54) is 27.8 Å². The monoisotopic (exact) mass is 328 g/mol. The number of aromatic nitrogens is 4. The minimum absolute atomic E-state index is 0.917. The lowest BCUT2D eigenvalue weighted by molar-refractivity contribution is 0.768. The van der Waals surface area contributed by atoms with Crippen molar-refractivity contribution in [3.63, 3.8) is 0 Å². The first-order valence-electron chi connectivity index (χ1n) is 8.35. The van der Waals surface area contributed by atoms with Crippen LogP contribution in [0.15, 0.2) is 67.3 Å². The van der Waals surface area contributed by atoms with E-state index in [9.17, 15) is 0 Å². The molecule has 2 heterocycles. The molecule has 0 unspecified atom stereocenters. The van der Waals surface area contributed by atoms with Gasteiger partial charge < -0.3 is 0 Å². The molecule has 25 heavy (non-hydrogen) atoms.